The van der Waals surface area contributed by atoms with Gasteiger partial charge in [0.05, 0.1) is 12.1 Å². The number of rotatable bonds is 3. The van der Waals surface area contributed by atoms with Crippen LogP contribution in [0.2, 0.25) is 0 Å². The lowest BCUT2D eigenvalue weighted by Gasteiger charge is -2.43. The predicted molar refractivity (Wildman–Crippen MR) is 122 cm³/mol. The Morgan fingerprint density at radius 1 is 1.06 bits per heavy atom. The average Bonchev–Trinajstić information content (AvgIpc) is 3.27. The number of ether oxygens (including phenoxy) is 1. The van der Waals surface area contributed by atoms with E-state index in [2.05, 4.69) is 17.3 Å². The normalized spacial score (nSPS) is 29.6. The molecule has 3 saturated heterocycles. The third kappa shape index (κ3) is 5.19. The molecule has 4 amide bonds. The Labute approximate surface area is 196 Å². The van der Waals surface area contributed by atoms with E-state index in [4.69, 9.17) is 11.2 Å². The molecule has 9 heteroatoms. The maximum atomic E-state index is 13.8. The van der Waals surface area contributed by atoms with Crippen LogP contribution < -0.4 is 5.32 Å². The highest BCUT2D eigenvalue weighted by Gasteiger charge is 2.49. The first-order chi connectivity index (χ1) is 15.5. The van der Waals surface area contributed by atoms with E-state index in [0.717, 1.165) is 12.8 Å². The second kappa shape index (κ2) is 9.51. The Kier molecular flexibility index (Phi) is 7.11. The van der Waals surface area contributed by atoms with E-state index in [0.29, 0.717) is 25.7 Å². The zero-order valence-electron chi connectivity index (χ0n) is 20.2. The van der Waals surface area contributed by atoms with Gasteiger partial charge in [-0.2, -0.15) is 5.26 Å². The number of carbonyl (C=O) groups is 3. The van der Waals surface area contributed by atoms with E-state index < -0.39 is 29.8 Å². The minimum atomic E-state index is -0.871. The van der Waals surface area contributed by atoms with Crippen LogP contribution in [-0.4, -0.2) is 82.6 Å². The minimum Gasteiger partial charge on any atom is -0.444 e. The number of likely N-dealkylation sites (tertiary alicyclic amines) is 1. The van der Waals surface area contributed by atoms with Gasteiger partial charge in [0.25, 0.3) is 0 Å². The molecular weight excluding hydrogens is 422 g/mol. The van der Waals surface area contributed by atoms with E-state index in [1.54, 1.807) is 39.8 Å². The summed E-state index contributed by atoms with van der Waals surface area (Å²) in [6, 6.07) is 0.205. The highest BCUT2D eigenvalue weighted by molar-refractivity contribution is 5.87. The molecule has 2 bridgehead atoms. The van der Waals surface area contributed by atoms with Crippen LogP contribution in [0.1, 0.15) is 59.3 Å². The molecule has 1 N–H and O–H groups in total. The van der Waals surface area contributed by atoms with Gasteiger partial charge in [-0.05, 0) is 65.2 Å². The summed E-state index contributed by atoms with van der Waals surface area (Å²) in [6.07, 6.45) is 8.97. The van der Waals surface area contributed by atoms with Gasteiger partial charge in [0.2, 0.25) is 5.91 Å². The maximum Gasteiger partial charge on any atom is 0.408 e. The number of urea groups is 1. The quantitative estimate of drug-likeness (QED) is 0.655. The molecule has 180 valence electrons. The number of hydrogen-bond acceptors (Lipinski definition) is 5. The first kappa shape index (κ1) is 24.7. The molecule has 0 aliphatic carbocycles. The fraction of sp³-hybridized carbons (Fsp3) is 0.750. The topological polar surface area (TPSA) is 106 Å². The lowest BCUT2D eigenvalue weighted by atomic mass is 9.84. The van der Waals surface area contributed by atoms with Crippen molar-refractivity contribution in [3.05, 3.63) is 0 Å². The molecule has 3 heterocycles. The molecule has 33 heavy (non-hydrogen) atoms. The molecule has 5 atom stereocenters. The first-order valence-corrected chi connectivity index (χ1v) is 11.6. The number of fused-ring (bicyclic) bond motifs is 2. The number of amides is 4. The number of alkyl carbamates (subject to hydrolysis) is 1. The molecule has 3 rings (SSSR count). The molecule has 0 aromatic heterocycles. The molecule has 9 nitrogen and oxygen atoms in total. The summed E-state index contributed by atoms with van der Waals surface area (Å²) in [4.78, 5) is 44.1. The highest BCUT2D eigenvalue weighted by atomic mass is 16.6. The number of hydrogen-bond donors (Lipinski definition) is 1. The predicted octanol–water partition coefficient (Wildman–Crippen LogP) is 2.32. The lowest BCUT2D eigenvalue weighted by Crippen LogP contribution is -2.59. The van der Waals surface area contributed by atoms with Crippen LogP contribution in [0, 0.1) is 29.6 Å². The number of nitrogens with one attached hydrogen (secondary N) is 1. The van der Waals surface area contributed by atoms with Crippen LogP contribution in [0.4, 0.5) is 9.59 Å². The number of carbonyl (C=O) groups excluding carboxylic acids is 3. The smallest absolute Gasteiger partial charge is 0.408 e. The van der Waals surface area contributed by atoms with Crippen molar-refractivity contribution in [2.45, 2.75) is 95.1 Å². The third-order valence-electron chi connectivity index (χ3n) is 6.76. The largest absolute Gasteiger partial charge is 0.444 e. The van der Waals surface area contributed by atoms with Gasteiger partial charge in [0.15, 0.2) is 0 Å². The van der Waals surface area contributed by atoms with Crippen LogP contribution in [0.25, 0.3) is 0 Å². The maximum absolute atomic E-state index is 13.8. The van der Waals surface area contributed by atoms with Crippen molar-refractivity contribution >= 4 is 18.0 Å². The van der Waals surface area contributed by atoms with Gasteiger partial charge in [-0.3, -0.25) is 4.79 Å². The van der Waals surface area contributed by atoms with Crippen LogP contribution in [0.3, 0.4) is 0 Å². The van der Waals surface area contributed by atoms with Gasteiger partial charge in [-0.25, -0.2) is 9.59 Å². The fourth-order valence-corrected chi connectivity index (χ4v) is 5.42. The van der Waals surface area contributed by atoms with Crippen molar-refractivity contribution in [1.29, 1.82) is 5.26 Å². The van der Waals surface area contributed by atoms with Gasteiger partial charge in [0.1, 0.15) is 17.7 Å². The zero-order valence-corrected chi connectivity index (χ0v) is 20.2. The van der Waals surface area contributed by atoms with E-state index in [1.807, 2.05) is 4.90 Å². The molecule has 2 unspecified atom stereocenters. The van der Waals surface area contributed by atoms with Crippen LogP contribution in [0.15, 0.2) is 0 Å². The second-order valence-electron chi connectivity index (χ2n) is 10.5. The monoisotopic (exact) mass is 457 g/mol. The summed E-state index contributed by atoms with van der Waals surface area (Å²) >= 11 is 0. The number of nitriles is 1. The van der Waals surface area contributed by atoms with E-state index >= 15 is 0 Å². The standard InChI is InChI=1S/C24H35N5O4/c1-7-16-8-11-19(14-25)28(16)21(30)20(26-22(31)33-24(2,3)4)15-12-17-9-10-18(13-15)29(17)23(32)27(5)6/h1,15-20H,8-13H2,2-6H3,(H,26,31)/t15?,16-,17?,18?,19-,20-/m0/s1. The molecule has 0 radical (unpaired) electrons. The SMILES string of the molecule is C#C[C@H]1CC[C@@H](C#N)N1C(=O)[C@@H](NC(=O)OC(C)(C)C)C1CC2CCC(C1)N2C(=O)N(C)C. The third-order valence-corrected chi connectivity index (χ3v) is 6.76. The van der Waals surface area contributed by atoms with Crippen molar-refractivity contribution in [3.8, 4) is 18.4 Å². The molecule has 0 aromatic rings. The minimum absolute atomic E-state index is 0.00755. The van der Waals surface area contributed by atoms with Crippen LogP contribution >= 0.6 is 0 Å². The first-order valence-electron chi connectivity index (χ1n) is 11.6. The Morgan fingerprint density at radius 3 is 2.12 bits per heavy atom. The summed E-state index contributed by atoms with van der Waals surface area (Å²) in [6.45, 7) is 5.28. The fourth-order valence-electron chi connectivity index (χ4n) is 5.42. The molecule has 0 aromatic carbocycles. The van der Waals surface area contributed by atoms with Crippen molar-refractivity contribution in [2.75, 3.05) is 14.1 Å². The van der Waals surface area contributed by atoms with Crippen molar-refractivity contribution in [1.82, 2.24) is 20.0 Å². The lowest BCUT2D eigenvalue weighted by molar-refractivity contribution is -0.136. The van der Waals surface area contributed by atoms with Gasteiger partial charge in [0, 0.05) is 26.2 Å². The summed E-state index contributed by atoms with van der Waals surface area (Å²) in [7, 11) is 3.47. The van der Waals surface area contributed by atoms with Gasteiger partial charge < -0.3 is 24.8 Å². The molecule has 0 spiro atoms. The van der Waals surface area contributed by atoms with Crippen molar-refractivity contribution < 1.29 is 19.1 Å². The summed E-state index contributed by atoms with van der Waals surface area (Å²) in [5.41, 5.74) is -0.720. The van der Waals surface area contributed by atoms with Gasteiger partial charge in [-0.1, -0.05) is 5.92 Å². The van der Waals surface area contributed by atoms with E-state index in [9.17, 15) is 19.6 Å². The summed E-state index contributed by atoms with van der Waals surface area (Å²) in [5.74, 6) is 2.09. The van der Waals surface area contributed by atoms with Crippen LogP contribution in [-0.2, 0) is 9.53 Å². The number of nitrogens with zero attached hydrogens (tertiary/aromatic N) is 4. The van der Waals surface area contributed by atoms with Crippen molar-refractivity contribution in [3.63, 3.8) is 0 Å². The highest BCUT2D eigenvalue weighted by Crippen LogP contribution is 2.41. The number of terminal acetylenes is 1. The van der Waals surface area contributed by atoms with Gasteiger partial charge in [-0.15, -0.1) is 6.42 Å². The molecule has 3 aliphatic heterocycles. The van der Waals surface area contributed by atoms with E-state index in [1.165, 1.54) is 4.90 Å². The van der Waals surface area contributed by atoms with Crippen LogP contribution in [0.5, 0.6) is 0 Å². The molecular formula is C24H35N5O4. The Bertz CT molecular complexity index is 832. The number of piperidine rings is 1. The van der Waals surface area contributed by atoms with Crippen molar-refractivity contribution in [2.24, 2.45) is 5.92 Å². The van der Waals surface area contributed by atoms with E-state index in [-0.39, 0.29) is 29.9 Å². The summed E-state index contributed by atoms with van der Waals surface area (Å²) < 4.78 is 5.44. The molecule has 3 fully saturated rings. The van der Waals surface area contributed by atoms with Gasteiger partial charge >= 0.3 is 12.1 Å². The Hall–Kier alpha value is -2.94. The Morgan fingerprint density at radius 2 is 1.64 bits per heavy atom. The average molecular weight is 458 g/mol. The second-order valence-corrected chi connectivity index (χ2v) is 10.5. The zero-order chi connectivity index (χ0) is 24.5. The summed E-state index contributed by atoms with van der Waals surface area (Å²) in [5, 5.41) is 12.4. The Balaban J connectivity index is 1.86. The molecule has 0 saturated carbocycles. The molecule has 3 aliphatic rings.